The van der Waals surface area contributed by atoms with Crippen molar-refractivity contribution in [1.82, 2.24) is 0 Å². The fourth-order valence-corrected chi connectivity index (χ4v) is 1.97. The molecule has 1 aromatic heterocycles. The van der Waals surface area contributed by atoms with E-state index in [0.29, 0.717) is 11.1 Å². The molecule has 4 heteroatoms. The summed E-state index contributed by atoms with van der Waals surface area (Å²) in [5.41, 5.74) is 6.08. The highest BCUT2D eigenvalue weighted by atomic mass is 35.5. The molecule has 2 heterocycles. The third-order valence-corrected chi connectivity index (χ3v) is 2.90. The zero-order chi connectivity index (χ0) is 9.97. The lowest BCUT2D eigenvalue weighted by atomic mass is 9.91. The normalized spacial score (nSPS) is 21.0. The summed E-state index contributed by atoms with van der Waals surface area (Å²) in [4.78, 5) is 0. The van der Waals surface area contributed by atoms with Crippen molar-refractivity contribution in [3.05, 3.63) is 23.1 Å². The van der Waals surface area contributed by atoms with E-state index >= 15 is 0 Å². The second-order valence-electron chi connectivity index (χ2n) is 3.62. The van der Waals surface area contributed by atoms with Gasteiger partial charge in [-0.05, 0) is 42.5 Å². The van der Waals surface area contributed by atoms with Gasteiger partial charge in [0.05, 0.1) is 6.04 Å². The van der Waals surface area contributed by atoms with Crippen molar-refractivity contribution in [1.29, 1.82) is 0 Å². The summed E-state index contributed by atoms with van der Waals surface area (Å²) in [5, 5.41) is 0.405. The third-order valence-electron chi connectivity index (χ3n) is 2.70. The first-order chi connectivity index (χ1) is 6.77. The van der Waals surface area contributed by atoms with E-state index in [-0.39, 0.29) is 6.04 Å². The van der Waals surface area contributed by atoms with E-state index in [4.69, 9.17) is 26.5 Å². The van der Waals surface area contributed by atoms with Crippen LogP contribution in [-0.4, -0.2) is 13.2 Å². The van der Waals surface area contributed by atoms with Crippen LogP contribution in [0.5, 0.6) is 0 Å². The number of hydrogen-bond donors (Lipinski definition) is 1. The topological polar surface area (TPSA) is 48.4 Å². The second-order valence-corrected chi connectivity index (χ2v) is 3.99. The van der Waals surface area contributed by atoms with Gasteiger partial charge in [-0.15, -0.1) is 0 Å². The average Bonchev–Trinajstić information content (AvgIpc) is 2.65. The van der Waals surface area contributed by atoms with Crippen LogP contribution in [0, 0.1) is 5.92 Å². The Labute approximate surface area is 88.2 Å². The van der Waals surface area contributed by atoms with Crippen molar-refractivity contribution in [3.63, 3.8) is 0 Å². The Kier molecular flexibility index (Phi) is 3.11. The molecule has 1 saturated heterocycles. The summed E-state index contributed by atoms with van der Waals surface area (Å²) < 4.78 is 10.6. The Morgan fingerprint density at radius 3 is 2.64 bits per heavy atom. The predicted octanol–water partition coefficient (Wildman–Crippen LogP) is 2.36. The standard InChI is InChI=1S/C10H14ClNO2/c11-9-2-1-8(14-9)10(12)7-3-5-13-6-4-7/h1-2,7,10H,3-6,12H2/t10-/m0/s1. The maximum absolute atomic E-state index is 6.08. The van der Waals surface area contributed by atoms with Crippen LogP contribution in [0.4, 0.5) is 0 Å². The van der Waals surface area contributed by atoms with E-state index < -0.39 is 0 Å². The first-order valence-corrected chi connectivity index (χ1v) is 5.24. The van der Waals surface area contributed by atoms with Crippen LogP contribution in [0.25, 0.3) is 0 Å². The summed E-state index contributed by atoms with van der Waals surface area (Å²) >= 11 is 5.70. The molecule has 0 aromatic carbocycles. The molecule has 78 valence electrons. The van der Waals surface area contributed by atoms with E-state index in [1.807, 2.05) is 6.07 Å². The predicted molar refractivity (Wildman–Crippen MR) is 54.2 cm³/mol. The quantitative estimate of drug-likeness (QED) is 0.824. The van der Waals surface area contributed by atoms with Gasteiger partial charge in [-0.25, -0.2) is 0 Å². The first kappa shape index (κ1) is 10.0. The molecule has 1 atom stereocenters. The summed E-state index contributed by atoms with van der Waals surface area (Å²) in [7, 11) is 0. The molecule has 0 aliphatic carbocycles. The molecule has 0 saturated carbocycles. The molecule has 0 unspecified atom stereocenters. The minimum absolute atomic E-state index is 0.0496. The SMILES string of the molecule is N[C@H](c1ccc(Cl)o1)C1CCOCC1. The van der Waals surface area contributed by atoms with E-state index in [9.17, 15) is 0 Å². The Morgan fingerprint density at radius 1 is 1.36 bits per heavy atom. The van der Waals surface area contributed by atoms with Gasteiger partial charge in [0.25, 0.3) is 0 Å². The molecule has 0 bridgehead atoms. The lowest BCUT2D eigenvalue weighted by Gasteiger charge is -2.26. The summed E-state index contributed by atoms with van der Waals surface area (Å²) in [6, 6.07) is 3.53. The molecule has 2 N–H and O–H groups in total. The maximum atomic E-state index is 6.08. The van der Waals surface area contributed by atoms with Crippen LogP contribution in [-0.2, 0) is 4.74 Å². The molecule has 0 radical (unpaired) electrons. The minimum Gasteiger partial charge on any atom is -0.448 e. The Hall–Kier alpha value is -0.510. The smallest absolute Gasteiger partial charge is 0.193 e. The fourth-order valence-electron chi connectivity index (χ4n) is 1.81. The van der Waals surface area contributed by atoms with Gasteiger partial charge in [0.15, 0.2) is 5.22 Å². The van der Waals surface area contributed by atoms with E-state index in [1.165, 1.54) is 0 Å². The Morgan fingerprint density at radius 2 is 2.07 bits per heavy atom. The van der Waals surface area contributed by atoms with Crippen LogP contribution in [0.2, 0.25) is 5.22 Å². The minimum atomic E-state index is -0.0496. The van der Waals surface area contributed by atoms with E-state index in [1.54, 1.807) is 6.07 Å². The average molecular weight is 216 g/mol. The number of ether oxygens (including phenoxy) is 1. The Balaban J connectivity index is 2.03. The monoisotopic (exact) mass is 215 g/mol. The summed E-state index contributed by atoms with van der Waals surface area (Å²) in [6.07, 6.45) is 2.00. The van der Waals surface area contributed by atoms with Crippen LogP contribution in [0.3, 0.4) is 0 Å². The van der Waals surface area contributed by atoms with E-state index in [0.717, 1.165) is 31.8 Å². The first-order valence-electron chi connectivity index (χ1n) is 4.86. The number of hydrogen-bond acceptors (Lipinski definition) is 3. The van der Waals surface area contributed by atoms with Gasteiger partial charge in [-0.1, -0.05) is 0 Å². The number of furan rings is 1. The maximum Gasteiger partial charge on any atom is 0.193 e. The molecule has 1 fully saturated rings. The van der Waals surface area contributed by atoms with Crippen LogP contribution >= 0.6 is 11.6 Å². The van der Waals surface area contributed by atoms with Gasteiger partial charge in [0.1, 0.15) is 5.76 Å². The van der Waals surface area contributed by atoms with Crippen LogP contribution < -0.4 is 5.73 Å². The molecule has 3 nitrogen and oxygen atoms in total. The van der Waals surface area contributed by atoms with Crippen molar-refractivity contribution in [2.45, 2.75) is 18.9 Å². The molecule has 0 spiro atoms. The Bertz CT molecular complexity index is 294. The van der Waals surface area contributed by atoms with Gasteiger partial charge in [0, 0.05) is 13.2 Å². The van der Waals surface area contributed by atoms with Crippen molar-refractivity contribution < 1.29 is 9.15 Å². The van der Waals surface area contributed by atoms with Crippen LogP contribution in [0.15, 0.2) is 16.5 Å². The summed E-state index contributed by atoms with van der Waals surface area (Å²) in [5.74, 6) is 1.23. The number of halogens is 1. The lowest BCUT2D eigenvalue weighted by Crippen LogP contribution is -2.27. The zero-order valence-electron chi connectivity index (χ0n) is 7.91. The number of nitrogens with two attached hydrogens (primary N) is 1. The molecule has 1 aliphatic rings. The van der Waals surface area contributed by atoms with Crippen molar-refractivity contribution >= 4 is 11.6 Å². The van der Waals surface area contributed by atoms with Gasteiger partial charge >= 0.3 is 0 Å². The van der Waals surface area contributed by atoms with Crippen molar-refractivity contribution in [3.8, 4) is 0 Å². The van der Waals surface area contributed by atoms with Gasteiger partial charge in [-0.2, -0.15) is 0 Å². The molecular formula is C10H14ClNO2. The molecule has 2 rings (SSSR count). The largest absolute Gasteiger partial charge is 0.448 e. The molecule has 1 aliphatic heterocycles. The van der Waals surface area contributed by atoms with Crippen molar-refractivity contribution in [2.75, 3.05) is 13.2 Å². The highest BCUT2D eigenvalue weighted by Gasteiger charge is 2.24. The zero-order valence-corrected chi connectivity index (χ0v) is 8.67. The highest BCUT2D eigenvalue weighted by molar-refractivity contribution is 6.28. The summed E-state index contributed by atoms with van der Waals surface area (Å²) in [6.45, 7) is 1.60. The molecule has 1 aromatic rings. The number of rotatable bonds is 2. The van der Waals surface area contributed by atoms with Crippen LogP contribution in [0.1, 0.15) is 24.6 Å². The van der Waals surface area contributed by atoms with E-state index in [2.05, 4.69) is 0 Å². The van der Waals surface area contributed by atoms with Crippen molar-refractivity contribution in [2.24, 2.45) is 11.7 Å². The lowest BCUT2D eigenvalue weighted by molar-refractivity contribution is 0.0560. The van der Waals surface area contributed by atoms with Gasteiger partial charge in [0.2, 0.25) is 0 Å². The second kappa shape index (κ2) is 4.34. The molecule has 14 heavy (non-hydrogen) atoms. The molecule has 0 amide bonds. The van der Waals surface area contributed by atoms with Gasteiger partial charge in [-0.3, -0.25) is 0 Å². The highest BCUT2D eigenvalue weighted by Crippen LogP contribution is 2.29. The molecular weight excluding hydrogens is 202 g/mol. The van der Waals surface area contributed by atoms with Gasteiger partial charge < -0.3 is 14.9 Å². The third kappa shape index (κ3) is 2.11. The fraction of sp³-hybridized carbons (Fsp3) is 0.600.